The summed E-state index contributed by atoms with van der Waals surface area (Å²) in [5, 5.41) is 5.02. The number of imide groups is 1. The van der Waals surface area contributed by atoms with Crippen molar-refractivity contribution in [2.75, 3.05) is 13.2 Å². The molecule has 1 fully saturated rings. The third kappa shape index (κ3) is 7.21. The van der Waals surface area contributed by atoms with Gasteiger partial charge in [0.15, 0.2) is 6.61 Å². The summed E-state index contributed by atoms with van der Waals surface area (Å²) >= 11 is 0. The van der Waals surface area contributed by atoms with E-state index < -0.39 is 24.5 Å². The number of carbonyl (C=O) groups is 3. The number of amides is 3. The molecule has 2 unspecified atom stereocenters. The summed E-state index contributed by atoms with van der Waals surface area (Å²) in [6.07, 6.45) is 4.22. The lowest BCUT2D eigenvalue weighted by Crippen LogP contribution is -2.48. The third-order valence-corrected chi connectivity index (χ3v) is 4.69. The first-order valence-electron chi connectivity index (χ1n) is 9.85. The number of benzene rings is 1. The molecule has 2 rings (SSSR count). The standard InChI is InChI=1S/C21H30N2O5/c1-14(2)12-27-17-10-8-16(9-11-17)20(25)28-13-19(24)23-21(26)22-18-7-5-4-6-15(18)3/h8-11,14-15,18H,4-7,12-13H2,1-3H3,(H2,22,23,24,26). The molecule has 1 aromatic rings. The monoisotopic (exact) mass is 390 g/mol. The van der Waals surface area contributed by atoms with Crippen LogP contribution in [0.25, 0.3) is 0 Å². The summed E-state index contributed by atoms with van der Waals surface area (Å²) in [5.74, 6) is 0.163. The van der Waals surface area contributed by atoms with Crippen LogP contribution in [0, 0.1) is 11.8 Å². The second kappa shape index (κ2) is 10.7. The average Bonchev–Trinajstić information content (AvgIpc) is 2.66. The Hall–Kier alpha value is -2.57. The topological polar surface area (TPSA) is 93.7 Å². The van der Waals surface area contributed by atoms with Gasteiger partial charge in [-0.25, -0.2) is 9.59 Å². The molecule has 28 heavy (non-hydrogen) atoms. The van der Waals surface area contributed by atoms with Crippen LogP contribution in [-0.2, 0) is 9.53 Å². The summed E-state index contributed by atoms with van der Waals surface area (Å²) < 4.78 is 10.5. The Morgan fingerprint density at radius 1 is 1.11 bits per heavy atom. The van der Waals surface area contributed by atoms with Crippen LogP contribution in [0.1, 0.15) is 56.8 Å². The lowest BCUT2D eigenvalue weighted by atomic mass is 9.86. The van der Waals surface area contributed by atoms with Gasteiger partial charge in [-0.1, -0.05) is 33.6 Å². The zero-order valence-corrected chi connectivity index (χ0v) is 16.8. The first kappa shape index (κ1) is 21.7. The predicted octanol–water partition coefficient (Wildman–Crippen LogP) is 3.28. The van der Waals surface area contributed by atoms with E-state index in [-0.39, 0.29) is 6.04 Å². The van der Waals surface area contributed by atoms with Crippen LogP contribution >= 0.6 is 0 Å². The molecule has 2 atom stereocenters. The van der Waals surface area contributed by atoms with E-state index in [1.165, 1.54) is 6.42 Å². The molecule has 0 aromatic heterocycles. The molecule has 0 radical (unpaired) electrons. The Morgan fingerprint density at radius 3 is 2.43 bits per heavy atom. The number of urea groups is 1. The zero-order chi connectivity index (χ0) is 20.5. The lowest BCUT2D eigenvalue weighted by molar-refractivity contribution is -0.123. The summed E-state index contributed by atoms with van der Waals surface area (Å²) in [5.41, 5.74) is 0.310. The molecule has 7 nitrogen and oxygen atoms in total. The van der Waals surface area contributed by atoms with E-state index in [0.29, 0.717) is 29.8 Å². The minimum absolute atomic E-state index is 0.0699. The van der Waals surface area contributed by atoms with Crippen LogP contribution in [0.2, 0.25) is 0 Å². The number of hydrogen-bond acceptors (Lipinski definition) is 5. The fraction of sp³-hybridized carbons (Fsp3) is 0.571. The first-order chi connectivity index (χ1) is 13.3. The lowest BCUT2D eigenvalue weighted by Gasteiger charge is -2.29. The van der Waals surface area contributed by atoms with E-state index in [1.54, 1.807) is 24.3 Å². The molecular formula is C21H30N2O5. The van der Waals surface area contributed by atoms with Gasteiger partial charge in [0.25, 0.3) is 5.91 Å². The SMILES string of the molecule is CC(C)COc1ccc(C(=O)OCC(=O)NC(=O)NC2CCCCC2C)cc1. The van der Waals surface area contributed by atoms with E-state index in [1.807, 2.05) is 13.8 Å². The van der Waals surface area contributed by atoms with Gasteiger partial charge < -0.3 is 14.8 Å². The van der Waals surface area contributed by atoms with Crippen molar-refractivity contribution in [1.29, 1.82) is 0 Å². The largest absolute Gasteiger partial charge is 0.493 e. The molecule has 1 aliphatic carbocycles. The molecule has 0 spiro atoms. The maximum Gasteiger partial charge on any atom is 0.338 e. The van der Waals surface area contributed by atoms with Gasteiger partial charge in [0.05, 0.1) is 12.2 Å². The van der Waals surface area contributed by atoms with Gasteiger partial charge in [0.2, 0.25) is 0 Å². The Bertz CT molecular complexity index is 672. The molecule has 2 N–H and O–H groups in total. The first-order valence-corrected chi connectivity index (χ1v) is 9.85. The van der Waals surface area contributed by atoms with Crippen molar-refractivity contribution in [2.24, 2.45) is 11.8 Å². The van der Waals surface area contributed by atoms with Gasteiger partial charge in [0, 0.05) is 6.04 Å². The number of nitrogens with one attached hydrogen (secondary N) is 2. The number of esters is 1. The molecular weight excluding hydrogens is 360 g/mol. The van der Waals surface area contributed by atoms with Crippen LogP contribution < -0.4 is 15.4 Å². The molecule has 0 bridgehead atoms. The minimum atomic E-state index is -0.661. The van der Waals surface area contributed by atoms with E-state index >= 15 is 0 Å². The highest BCUT2D eigenvalue weighted by atomic mass is 16.5. The van der Waals surface area contributed by atoms with Crippen LogP contribution in [0.15, 0.2) is 24.3 Å². The molecule has 0 aliphatic heterocycles. The Labute approximate surface area is 166 Å². The smallest absolute Gasteiger partial charge is 0.338 e. The van der Waals surface area contributed by atoms with Crippen molar-refractivity contribution in [3.8, 4) is 5.75 Å². The van der Waals surface area contributed by atoms with Crippen molar-refractivity contribution in [2.45, 2.75) is 52.5 Å². The second-order valence-corrected chi connectivity index (χ2v) is 7.70. The van der Waals surface area contributed by atoms with E-state index in [2.05, 4.69) is 17.6 Å². The van der Waals surface area contributed by atoms with Crippen molar-refractivity contribution < 1.29 is 23.9 Å². The Kier molecular flexibility index (Phi) is 8.29. The highest BCUT2D eigenvalue weighted by Gasteiger charge is 2.23. The van der Waals surface area contributed by atoms with Gasteiger partial charge in [-0.15, -0.1) is 0 Å². The van der Waals surface area contributed by atoms with E-state index in [9.17, 15) is 14.4 Å². The van der Waals surface area contributed by atoms with Gasteiger partial charge in [0.1, 0.15) is 5.75 Å². The number of hydrogen-bond donors (Lipinski definition) is 2. The normalized spacial score (nSPS) is 19.0. The van der Waals surface area contributed by atoms with Crippen LogP contribution in [0.3, 0.4) is 0 Å². The van der Waals surface area contributed by atoms with Crippen molar-refractivity contribution in [1.82, 2.24) is 10.6 Å². The van der Waals surface area contributed by atoms with Crippen LogP contribution in [0.4, 0.5) is 4.79 Å². The molecule has 1 aliphatic rings. The predicted molar refractivity (Wildman–Crippen MR) is 105 cm³/mol. The molecule has 7 heteroatoms. The van der Waals surface area contributed by atoms with E-state index in [0.717, 1.165) is 19.3 Å². The Balaban J connectivity index is 1.72. The zero-order valence-electron chi connectivity index (χ0n) is 16.8. The molecule has 3 amide bonds. The fourth-order valence-corrected chi connectivity index (χ4v) is 3.06. The quantitative estimate of drug-likeness (QED) is 0.697. The summed E-state index contributed by atoms with van der Waals surface area (Å²) in [4.78, 5) is 35.8. The van der Waals surface area contributed by atoms with Gasteiger partial charge in [-0.2, -0.15) is 0 Å². The highest BCUT2D eigenvalue weighted by molar-refractivity contribution is 5.97. The number of carbonyl (C=O) groups excluding carboxylic acids is 3. The van der Waals surface area contributed by atoms with Gasteiger partial charge in [-0.3, -0.25) is 10.1 Å². The highest BCUT2D eigenvalue weighted by Crippen LogP contribution is 2.23. The molecule has 154 valence electrons. The molecule has 0 heterocycles. The molecule has 0 saturated heterocycles. The van der Waals surface area contributed by atoms with Crippen molar-refractivity contribution in [3.63, 3.8) is 0 Å². The second-order valence-electron chi connectivity index (χ2n) is 7.70. The van der Waals surface area contributed by atoms with Crippen LogP contribution in [-0.4, -0.2) is 37.2 Å². The minimum Gasteiger partial charge on any atom is -0.493 e. The van der Waals surface area contributed by atoms with Gasteiger partial charge >= 0.3 is 12.0 Å². The van der Waals surface area contributed by atoms with Crippen molar-refractivity contribution in [3.05, 3.63) is 29.8 Å². The number of ether oxygens (including phenoxy) is 2. The van der Waals surface area contributed by atoms with Crippen molar-refractivity contribution >= 4 is 17.9 Å². The molecule has 1 aromatic carbocycles. The summed E-state index contributed by atoms with van der Waals surface area (Å²) in [7, 11) is 0. The van der Waals surface area contributed by atoms with E-state index in [4.69, 9.17) is 9.47 Å². The number of rotatable bonds is 7. The maximum absolute atomic E-state index is 12.0. The summed E-state index contributed by atoms with van der Waals surface area (Å²) in [6, 6.07) is 6.03. The average molecular weight is 390 g/mol. The van der Waals surface area contributed by atoms with Crippen LogP contribution in [0.5, 0.6) is 5.75 Å². The fourth-order valence-electron chi connectivity index (χ4n) is 3.06. The summed E-state index contributed by atoms with van der Waals surface area (Å²) in [6.45, 7) is 6.26. The molecule has 1 saturated carbocycles. The maximum atomic E-state index is 12.0. The Morgan fingerprint density at radius 2 is 1.79 bits per heavy atom. The third-order valence-electron chi connectivity index (χ3n) is 4.69. The van der Waals surface area contributed by atoms with Gasteiger partial charge in [-0.05, 0) is 48.9 Å².